The van der Waals surface area contributed by atoms with Crippen LogP contribution in [0.25, 0.3) is 11.3 Å². The van der Waals surface area contributed by atoms with E-state index in [0.29, 0.717) is 24.6 Å². The Morgan fingerprint density at radius 2 is 1.52 bits per heavy atom. The highest BCUT2D eigenvalue weighted by molar-refractivity contribution is 5.95. The number of piperidine rings is 1. The van der Waals surface area contributed by atoms with Gasteiger partial charge in [0.25, 0.3) is 5.91 Å². The Bertz CT molecular complexity index is 836. The van der Waals surface area contributed by atoms with Crippen LogP contribution in [0.5, 0.6) is 0 Å². The third-order valence-electron chi connectivity index (χ3n) is 6.13. The Morgan fingerprint density at radius 1 is 0.828 bits per heavy atom. The number of carbonyl (C=O) groups is 2. The molecule has 2 aliphatic rings. The molecule has 1 aromatic heterocycles. The lowest BCUT2D eigenvalue weighted by atomic mass is 9.94. The average molecular weight is 392 g/mol. The van der Waals surface area contributed by atoms with Gasteiger partial charge in [0, 0.05) is 49.4 Å². The summed E-state index contributed by atoms with van der Waals surface area (Å²) in [6.45, 7) is 3.09. The molecular formula is C24H29N3O2. The van der Waals surface area contributed by atoms with Gasteiger partial charge in [-0.1, -0.05) is 43.2 Å². The van der Waals surface area contributed by atoms with E-state index >= 15 is 0 Å². The zero-order valence-corrected chi connectivity index (χ0v) is 16.9. The van der Waals surface area contributed by atoms with Crippen molar-refractivity contribution in [1.29, 1.82) is 0 Å². The molecule has 152 valence electrons. The van der Waals surface area contributed by atoms with E-state index in [9.17, 15) is 9.59 Å². The van der Waals surface area contributed by atoms with Crippen LogP contribution < -0.4 is 0 Å². The van der Waals surface area contributed by atoms with E-state index in [1.54, 1.807) is 12.3 Å². The third-order valence-corrected chi connectivity index (χ3v) is 6.13. The highest BCUT2D eigenvalue weighted by Gasteiger charge is 2.30. The summed E-state index contributed by atoms with van der Waals surface area (Å²) in [5, 5.41) is 0. The second kappa shape index (κ2) is 9.21. The van der Waals surface area contributed by atoms with E-state index in [0.717, 1.165) is 50.0 Å². The van der Waals surface area contributed by atoms with Crippen LogP contribution in [0.15, 0.2) is 48.7 Å². The fourth-order valence-corrected chi connectivity index (χ4v) is 4.39. The minimum Gasteiger partial charge on any atom is -0.342 e. The predicted octanol–water partition coefficient (Wildman–Crippen LogP) is 4.00. The lowest BCUT2D eigenvalue weighted by Gasteiger charge is -2.34. The Balaban J connectivity index is 1.37. The molecule has 2 aromatic rings. The lowest BCUT2D eigenvalue weighted by Crippen LogP contribution is -2.44. The van der Waals surface area contributed by atoms with Gasteiger partial charge in [-0.05, 0) is 37.8 Å². The van der Waals surface area contributed by atoms with Crippen LogP contribution >= 0.6 is 0 Å². The van der Waals surface area contributed by atoms with Crippen molar-refractivity contribution in [3.05, 3.63) is 54.2 Å². The van der Waals surface area contributed by atoms with Gasteiger partial charge in [0.1, 0.15) is 0 Å². The van der Waals surface area contributed by atoms with E-state index in [4.69, 9.17) is 0 Å². The first-order valence-electron chi connectivity index (χ1n) is 10.8. The number of likely N-dealkylation sites (tertiary alicyclic amines) is 2. The Kier molecular flexibility index (Phi) is 6.23. The van der Waals surface area contributed by atoms with E-state index < -0.39 is 0 Å². The van der Waals surface area contributed by atoms with Gasteiger partial charge in [-0.15, -0.1) is 0 Å². The number of hydrogen-bond acceptors (Lipinski definition) is 3. The fraction of sp³-hybridized carbons (Fsp3) is 0.458. The van der Waals surface area contributed by atoms with Gasteiger partial charge < -0.3 is 9.80 Å². The van der Waals surface area contributed by atoms with Gasteiger partial charge in [-0.2, -0.15) is 0 Å². The molecular weight excluding hydrogens is 362 g/mol. The Hall–Kier alpha value is -2.69. The minimum atomic E-state index is 0.0326. The number of pyridine rings is 1. The number of amides is 2. The van der Waals surface area contributed by atoms with Crippen molar-refractivity contribution in [2.45, 2.75) is 38.5 Å². The van der Waals surface area contributed by atoms with Crippen LogP contribution in [0.2, 0.25) is 0 Å². The first kappa shape index (κ1) is 19.6. The van der Waals surface area contributed by atoms with Crippen molar-refractivity contribution in [3.8, 4) is 11.3 Å². The number of hydrogen-bond donors (Lipinski definition) is 0. The smallest absolute Gasteiger partial charge is 0.253 e. The first-order chi connectivity index (χ1) is 14.2. The van der Waals surface area contributed by atoms with E-state index in [-0.39, 0.29) is 11.8 Å². The molecule has 4 rings (SSSR count). The molecule has 0 spiro atoms. The summed E-state index contributed by atoms with van der Waals surface area (Å²) < 4.78 is 0. The van der Waals surface area contributed by atoms with Crippen LogP contribution in [-0.2, 0) is 4.79 Å². The van der Waals surface area contributed by atoms with Gasteiger partial charge in [0.2, 0.25) is 5.91 Å². The monoisotopic (exact) mass is 391 g/mol. The maximum atomic E-state index is 13.0. The van der Waals surface area contributed by atoms with Crippen molar-refractivity contribution in [3.63, 3.8) is 0 Å². The molecule has 2 fully saturated rings. The SMILES string of the molecule is O=C(c1ccnc(-c2ccccc2)c1)N1CCC(C(=O)N2CCCCCC2)CC1. The van der Waals surface area contributed by atoms with Crippen LogP contribution in [0.1, 0.15) is 48.9 Å². The normalized spacial score (nSPS) is 18.3. The fourth-order valence-electron chi connectivity index (χ4n) is 4.39. The highest BCUT2D eigenvalue weighted by atomic mass is 16.2. The zero-order chi connectivity index (χ0) is 20.1. The predicted molar refractivity (Wildman–Crippen MR) is 113 cm³/mol. The van der Waals surface area contributed by atoms with Gasteiger partial charge in [0.15, 0.2) is 0 Å². The number of carbonyl (C=O) groups excluding carboxylic acids is 2. The summed E-state index contributed by atoms with van der Waals surface area (Å²) in [5.41, 5.74) is 2.47. The van der Waals surface area contributed by atoms with Crippen molar-refractivity contribution >= 4 is 11.8 Å². The van der Waals surface area contributed by atoms with E-state index in [2.05, 4.69) is 9.88 Å². The maximum absolute atomic E-state index is 13.0. The van der Waals surface area contributed by atoms with Crippen LogP contribution in [-0.4, -0.2) is 52.8 Å². The molecule has 2 amide bonds. The van der Waals surface area contributed by atoms with Gasteiger partial charge >= 0.3 is 0 Å². The average Bonchev–Trinajstić information content (AvgIpc) is 3.08. The second-order valence-electron chi connectivity index (χ2n) is 8.10. The maximum Gasteiger partial charge on any atom is 0.253 e. The second-order valence-corrected chi connectivity index (χ2v) is 8.10. The summed E-state index contributed by atoms with van der Waals surface area (Å²) in [6, 6.07) is 13.5. The number of nitrogens with zero attached hydrogens (tertiary/aromatic N) is 3. The molecule has 29 heavy (non-hydrogen) atoms. The topological polar surface area (TPSA) is 53.5 Å². The molecule has 0 atom stereocenters. The molecule has 2 aliphatic heterocycles. The number of rotatable bonds is 3. The van der Waals surface area contributed by atoms with Gasteiger partial charge in [-0.3, -0.25) is 14.6 Å². The number of benzene rings is 1. The molecule has 2 saturated heterocycles. The molecule has 5 nitrogen and oxygen atoms in total. The summed E-state index contributed by atoms with van der Waals surface area (Å²) in [7, 11) is 0. The standard InChI is InChI=1S/C24H29N3O2/c28-23(26-14-6-1-2-7-15-26)20-11-16-27(17-12-20)24(29)21-10-13-25-22(18-21)19-8-4-3-5-9-19/h3-5,8-10,13,18,20H,1-2,6-7,11-12,14-17H2. The Labute approximate surface area is 172 Å². The largest absolute Gasteiger partial charge is 0.342 e. The van der Waals surface area contributed by atoms with Crippen LogP contribution in [0, 0.1) is 5.92 Å². The summed E-state index contributed by atoms with van der Waals surface area (Å²) in [4.78, 5) is 34.2. The molecule has 0 saturated carbocycles. The van der Waals surface area contributed by atoms with Crippen molar-refractivity contribution in [2.75, 3.05) is 26.2 Å². The van der Waals surface area contributed by atoms with Crippen LogP contribution in [0.4, 0.5) is 0 Å². The summed E-state index contributed by atoms with van der Waals surface area (Å²) >= 11 is 0. The molecule has 0 N–H and O–H groups in total. The van der Waals surface area contributed by atoms with E-state index in [1.807, 2.05) is 41.3 Å². The van der Waals surface area contributed by atoms with Crippen LogP contribution in [0.3, 0.4) is 0 Å². The molecule has 3 heterocycles. The van der Waals surface area contributed by atoms with Crippen molar-refractivity contribution in [2.24, 2.45) is 5.92 Å². The molecule has 0 unspecified atom stereocenters. The van der Waals surface area contributed by atoms with Crippen molar-refractivity contribution < 1.29 is 9.59 Å². The quantitative estimate of drug-likeness (QED) is 0.795. The lowest BCUT2D eigenvalue weighted by molar-refractivity contribution is -0.136. The number of aromatic nitrogens is 1. The first-order valence-corrected chi connectivity index (χ1v) is 10.8. The molecule has 5 heteroatoms. The molecule has 0 radical (unpaired) electrons. The van der Waals surface area contributed by atoms with Gasteiger partial charge in [0.05, 0.1) is 5.69 Å². The summed E-state index contributed by atoms with van der Waals surface area (Å²) in [6.07, 6.45) is 7.92. The highest BCUT2D eigenvalue weighted by Crippen LogP contribution is 2.24. The van der Waals surface area contributed by atoms with Gasteiger partial charge in [-0.25, -0.2) is 0 Å². The minimum absolute atomic E-state index is 0.0326. The molecule has 0 bridgehead atoms. The summed E-state index contributed by atoms with van der Waals surface area (Å²) in [5.74, 6) is 0.397. The third kappa shape index (κ3) is 4.66. The van der Waals surface area contributed by atoms with E-state index in [1.165, 1.54) is 12.8 Å². The van der Waals surface area contributed by atoms with Crippen molar-refractivity contribution in [1.82, 2.24) is 14.8 Å². The molecule has 1 aromatic carbocycles. The Morgan fingerprint density at radius 3 is 2.21 bits per heavy atom. The zero-order valence-electron chi connectivity index (χ0n) is 16.9. The molecule has 0 aliphatic carbocycles.